The second kappa shape index (κ2) is 2.59. The van der Waals surface area contributed by atoms with Gasteiger partial charge in [-0.05, 0) is 25.5 Å². The van der Waals surface area contributed by atoms with Crippen molar-refractivity contribution >= 4 is 5.69 Å². The smallest absolute Gasteiger partial charge is 0.142 e. The van der Waals surface area contributed by atoms with E-state index in [4.69, 9.17) is 11.0 Å². The molecule has 56 valence electrons. The second-order valence-corrected chi connectivity index (χ2v) is 2.42. The SMILES string of the molecule is Cc1nc(C#N)cc(N)c1C. The van der Waals surface area contributed by atoms with Gasteiger partial charge in [0.15, 0.2) is 0 Å². The molecule has 0 saturated carbocycles. The Hall–Kier alpha value is -1.56. The van der Waals surface area contributed by atoms with Gasteiger partial charge in [0.2, 0.25) is 0 Å². The monoisotopic (exact) mass is 147 g/mol. The maximum Gasteiger partial charge on any atom is 0.142 e. The largest absolute Gasteiger partial charge is 0.398 e. The van der Waals surface area contributed by atoms with Gasteiger partial charge < -0.3 is 5.73 Å². The molecule has 0 fully saturated rings. The first-order chi connectivity index (χ1) is 5.15. The van der Waals surface area contributed by atoms with Crippen LogP contribution in [0.25, 0.3) is 0 Å². The molecule has 0 spiro atoms. The number of hydrogen-bond donors (Lipinski definition) is 1. The molecule has 1 heterocycles. The van der Waals surface area contributed by atoms with Crippen molar-refractivity contribution in [3.8, 4) is 6.07 Å². The van der Waals surface area contributed by atoms with Crippen LogP contribution in [0.5, 0.6) is 0 Å². The highest BCUT2D eigenvalue weighted by atomic mass is 14.7. The van der Waals surface area contributed by atoms with Crippen molar-refractivity contribution < 1.29 is 0 Å². The van der Waals surface area contributed by atoms with Crippen LogP contribution in [0.15, 0.2) is 6.07 Å². The molecular formula is C8H9N3. The number of pyridine rings is 1. The quantitative estimate of drug-likeness (QED) is 0.598. The van der Waals surface area contributed by atoms with Gasteiger partial charge in [-0.1, -0.05) is 0 Å². The third-order valence-electron chi connectivity index (χ3n) is 1.67. The molecule has 0 atom stereocenters. The number of nitrogens with zero attached hydrogens (tertiary/aromatic N) is 2. The van der Waals surface area contributed by atoms with E-state index in [2.05, 4.69) is 4.98 Å². The summed E-state index contributed by atoms with van der Waals surface area (Å²) in [7, 11) is 0. The minimum atomic E-state index is 0.380. The fourth-order valence-electron chi connectivity index (χ4n) is 0.819. The minimum absolute atomic E-state index is 0.380. The third kappa shape index (κ3) is 1.30. The van der Waals surface area contributed by atoms with Gasteiger partial charge in [-0.25, -0.2) is 4.98 Å². The number of nitrogens with two attached hydrogens (primary N) is 1. The van der Waals surface area contributed by atoms with Crippen LogP contribution in [0, 0.1) is 25.2 Å². The van der Waals surface area contributed by atoms with Crippen LogP contribution in [0.4, 0.5) is 5.69 Å². The van der Waals surface area contributed by atoms with Gasteiger partial charge in [0.05, 0.1) is 0 Å². The van der Waals surface area contributed by atoms with Crippen molar-refractivity contribution in [2.45, 2.75) is 13.8 Å². The zero-order valence-electron chi connectivity index (χ0n) is 6.55. The molecule has 0 aromatic carbocycles. The summed E-state index contributed by atoms with van der Waals surface area (Å²) in [6.07, 6.45) is 0. The van der Waals surface area contributed by atoms with Crippen molar-refractivity contribution in [3.05, 3.63) is 23.0 Å². The predicted molar refractivity (Wildman–Crippen MR) is 42.8 cm³/mol. The average Bonchev–Trinajstić information content (AvgIpc) is 1.99. The van der Waals surface area contributed by atoms with Crippen LogP contribution in [0.2, 0.25) is 0 Å². The van der Waals surface area contributed by atoms with E-state index in [-0.39, 0.29) is 0 Å². The molecule has 1 aromatic rings. The van der Waals surface area contributed by atoms with Crippen LogP contribution in [-0.4, -0.2) is 4.98 Å². The average molecular weight is 147 g/mol. The van der Waals surface area contributed by atoms with Crippen molar-refractivity contribution in [3.63, 3.8) is 0 Å². The van der Waals surface area contributed by atoms with Gasteiger partial charge in [0.25, 0.3) is 0 Å². The lowest BCUT2D eigenvalue weighted by Crippen LogP contribution is -1.97. The lowest BCUT2D eigenvalue weighted by Gasteiger charge is -2.02. The maximum absolute atomic E-state index is 8.51. The molecule has 0 aliphatic rings. The van der Waals surface area contributed by atoms with Crippen LogP contribution in [0.3, 0.4) is 0 Å². The van der Waals surface area contributed by atoms with E-state index in [9.17, 15) is 0 Å². The molecule has 0 unspecified atom stereocenters. The highest BCUT2D eigenvalue weighted by Crippen LogP contribution is 2.13. The lowest BCUT2D eigenvalue weighted by atomic mass is 10.2. The molecule has 2 N–H and O–H groups in total. The van der Waals surface area contributed by atoms with Crippen molar-refractivity contribution in [2.75, 3.05) is 5.73 Å². The normalized spacial score (nSPS) is 9.18. The molecule has 1 rings (SSSR count). The molecular weight excluding hydrogens is 138 g/mol. The molecule has 0 bridgehead atoms. The Morgan fingerprint density at radius 1 is 1.55 bits per heavy atom. The second-order valence-electron chi connectivity index (χ2n) is 2.42. The van der Waals surface area contributed by atoms with Gasteiger partial charge >= 0.3 is 0 Å². The predicted octanol–water partition coefficient (Wildman–Crippen LogP) is 1.15. The summed E-state index contributed by atoms with van der Waals surface area (Å²) in [5, 5.41) is 8.51. The van der Waals surface area contributed by atoms with Crippen molar-refractivity contribution in [1.82, 2.24) is 4.98 Å². The zero-order chi connectivity index (χ0) is 8.43. The highest BCUT2D eigenvalue weighted by molar-refractivity contribution is 5.50. The molecule has 0 aliphatic heterocycles. The Labute approximate surface area is 65.5 Å². The Morgan fingerprint density at radius 2 is 2.18 bits per heavy atom. The fraction of sp³-hybridized carbons (Fsp3) is 0.250. The van der Waals surface area contributed by atoms with E-state index in [1.807, 2.05) is 19.9 Å². The minimum Gasteiger partial charge on any atom is -0.398 e. The lowest BCUT2D eigenvalue weighted by molar-refractivity contribution is 1.13. The van der Waals surface area contributed by atoms with E-state index in [0.717, 1.165) is 11.3 Å². The molecule has 1 aromatic heterocycles. The number of aromatic nitrogens is 1. The summed E-state index contributed by atoms with van der Waals surface area (Å²) < 4.78 is 0. The number of anilines is 1. The van der Waals surface area contributed by atoms with Crippen LogP contribution < -0.4 is 5.73 Å². The Balaban J connectivity index is 3.35. The number of nitriles is 1. The Kier molecular flexibility index (Phi) is 1.77. The summed E-state index contributed by atoms with van der Waals surface area (Å²) >= 11 is 0. The van der Waals surface area contributed by atoms with Crippen LogP contribution in [0.1, 0.15) is 17.0 Å². The van der Waals surface area contributed by atoms with Crippen molar-refractivity contribution in [2.24, 2.45) is 0 Å². The molecule has 11 heavy (non-hydrogen) atoms. The molecule has 0 radical (unpaired) electrons. The highest BCUT2D eigenvalue weighted by Gasteiger charge is 2.01. The number of nitrogen functional groups attached to an aromatic ring is 1. The molecule has 0 saturated heterocycles. The van der Waals surface area contributed by atoms with E-state index in [1.54, 1.807) is 6.07 Å². The Morgan fingerprint density at radius 3 is 2.64 bits per heavy atom. The van der Waals surface area contributed by atoms with Gasteiger partial charge in [0.1, 0.15) is 11.8 Å². The number of rotatable bonds is 0. The third-order valence-corrected chi connectivity index (χ3v) is 1.67. The first-order valence-electron chi connectivity index (χ1n) is 3.29. The van der Waals surface area contributed by atoms with Gasteiger partial charge in [-0.15, -0.1) is 0 Å². The summed E-state index contributed by atoms with van der Waals surface area (Å²) in [6.45, 7) is 3.73. The molecule has 0 amide bonds. The standard InChI is InChI=1S/C8H9N3/c1-5-6(2)11-7(4-9)3-8(5)10/h3H,1-2H3,(H2,10,11). The molecule has 3 heteroatoms. The first kappa shape index (κ1) is 7.55. The summed E-state index contributed by atoms with van der Waals surface area (Å²) in [5.41, 5.74) is 8.39. The van der Waals surface area contributed by atoms with Crippen LogP contribution in [-0.2, 0) is 0 Å². The maximum atomic E-state index is 8.51. The fourth-order valence-corrected chi connectivity index (χ4v) is 0.819. The zero-order valence-corrected chi connectivity index (χ0v) is 6.55. The van der Waals surface area contributed by atoms with Gasteiger partial charge in [-0.3, -0.25) is 0 Å². The van der Waals surface area contributed by atoms with Crippen LogP contribution >= 0.6 is 0 Å². The van der Waals surface area contributed by atoms with Gasteiger partial charge in [0, 0.05) is 11.4 Å². The number of aryl methyl sites for hydroxylation is 1. The summed E-state index contributed by atoms with van der Waals surface area (Å²) in [6, 6.07) is 3.53. The summed E-state index contributed by atoms with van der Waals surface area (Å²) in [5.74, 6) is 0. The van der Waals surface area contributed by atoms with Gasteiger partial charge in [-0.2, -0.15) is 5.26 Å². The Bertz CT molecular complexity index is 300. The molecule has 3 nitrogen and oxygen atoms in total. The first-order valence-corrected chi connectivity index (χ1v) is 3.29. The van der Waals surface area contributed by atoms with E-state index >= 15 is 0 Å². The van der Waals surface area contributed by atoms with Crippen molar-refractivity contribution in [1.29, 1.82) is 5.26 Å². The number of hydrogen-bond acceptors (Lipinski definition) is 3. The topological polar surface area (TPSA) is 62.7 Å². The summed E-state index contributed by atoms with van der Waals surface area (Å²) in [4.78, 5) is 4.01. The van der Waals surface area contributed by atoms with E-state index in [1.165, 1.54) is 0 Å². The van der Waals surface area contributed by atoms with E-state index in [0.29, 0.717) is 11.4 Å². The van der Waals surface area contributed by atoms with E-state index < -0.39 is 0 Å². The molecule has 0 aliphatic carbocycles.